The van der Waals surface area contributed by atoms with Gasteiger partial charge in [-0.15, -0.1) is 0 Å². The molecule has 0 heterocycles. The Morgan fingerprint density at radius 1 is 1.25 bits per heavy atom. The van der Waals surface area contributed by atoms with Crippen molar-refractivity contribution in [3.05, 3.63) is 0 Å². The first-order valence-electron chi connectivity index (χ1n) is 0.204. The van der Waals surface area contributed by atoms with Gasteiger partial charge in [0.05, 0.1) is 0 Å². The molecule has 0 N–H and O–H groups in total. The normalized spacial score (nSPS) is 0.750. The molecule has 0 aliphatic carbocycles. The first kappa shape index (κ1) is 16.1. The Kier molecular flexibility index (Phi) is 71.9. The van der Waals surface area contributed by atoms with Gasteiger partial charge in [-0.1, -0.05) is 0 Å². The van der Waals surface area contributed by atoms with Crippen LogP contribution in [0.1, 0.15) is 0 Å². The van der Waals surface area contributed by atoms with E-state index in [2.05, 4.69) is 0 Å². The van der Waals surface area contributed by atoms with E-state index in [9.17, 15) is 0 Å². The first-order valence-corrected chi connectivity index (χ1v) is 1.49. The van der Waals surface area contributed by atoms with E-state index in [0.717, 1.165) is 0 Å². The summed E-state index contributed by atoms with van der Waals surface area (Å²) < 4.78 is 8.39. The molecule has 0 saturated carbocycles. The first-order chi connectivity index (χ1) is 1.00. The van der Waals surface area contributed by atoms with Gasteiger partial charge in [0.1, 0.15) is 0 Å². The molecule has 0 aromatic heterocycles. The second kappa shape index (κ2) is 17.9. The van der Waals surface area contributed by atoms with E-state index >= 15 is 0 Å². The van der Waals surface area contributed by atoms with Crippen molar-refractivity contribution in [2.45, 2.75) is 0 Å². The molecule has 4 heavy (non-hydrogen) atoms. The minimum atomic E-state index is 0. The van der Waals surface area contributed by atoms with Gasteiger partial charge in [0.25, 0.3) is 0 Å². The summed E-state index contributed by atoms with van der Waals surface area (Å²) in [6.45, 7) is 0. The van der Waals surface area contributed by atoms with Crippen LogP contribution in [0.5, 0.6) is 0 Å². The molecule has 0 fully saturated rings. The Morgan fingerprint density at radius 3 is 1.25 bits per heavy atom. The monoisotopic (exact) mass is 212 g/mol. The Bertz CT molecular complexity index is 8.00. The van der Waals surface area contributed by atoms with E-state index in [-0.39, 0.29) is 80.2 Å². The maximum absolute atomic E-state index is 8.39. The van der Waals surface area contributed by atoms with Crippen LogP contribution in [-0.2, 0) is 0.938 Å². The molecule has 0 bridgehead atoms. The SMILES string of the molecule is [AlH3].[MgH2].[O]=[Ce]. The summed E-state index contributed by atoms with van der Waals surface area (Å²) in [7, 11) is 0. The molecule has 0 unspecified atom stereocenters. The molecule has 0 aromatic carbocycles. The van der Waals surface area contributed by atoms with Gasteiger partial charge in [0.15, 0.2) is 17.4 Å². The molecule has 0 rings (SSSR count). The Morgan fingerprint density at radius 2 is 1.25 bits per heavy atom. The molecule has 4 heteroatoms. The van der Waals surface area contributed by atoms with Crippen LogP contribution >= 0.6 is 0 Å². The van der Waals surface area contributed by atoms with Crippen molar-refractivity contribution in [3.63, 3.8) is 0 Å². The zero-order valence-corrected chi connectivity index (χ0v) is 4.05. The summed E-state index contributed by atoms with van der Waals surface area (Å²) >= 11 is 0.0556. The molecule has 0 saturated heterocycles. The predicted molar refractivity (Wildman–Crippen MR) is 19.2 cm³/mol. The second-order valence-corrected chi connectivity index (χ2v) is 0. The third kappa shape index (κ3) is 8.82. The third-order valence-electron chi connectivity index (χ3n) is 0. The van der Waals surface area contributed by atoms with Crippen LogP contribution < -0.4 is 0 Å². The van der Waals surface area contributed by atoms with Gasteiger partial charge in [0, 0.05) is 0 Å². The van der Waals surface area contributed by atoms with Crippen LogP contribution in [-0.4, -0.2) is 40.4 Å². The molecule has 0 aliphatic rings. The van der Waals surface area contributed by atoms with E-state index in [1.54, 1.807) is 0 Å². The van der Waals surface area contributed by atoms with Gasteiger partial charge < -0.3 is 0 Å². The van der Waals surface area contributed by atoms with Gasteiger partial charge >= 0.3 is 63.8 Å². The average molecular weight is 212 g/mol. The van der Waals surface area contributed by atoms with Crippen molar-refractivity contribution in [1.29, 1.82) is 0 Å². The fraction of sp³-hybridized carbons (Fsp3) is 0. The fourth-order valence-electron chi connectivity index (χ4n) is 0. The van der Waals surface area contributed by atoms with Crippen LogP contribution in [0.4, 0.5) is 0 Å². The number of hydrogen-bond donors (Lipinski definition) is 0. The molecule has 0 radical (unpaired) electrons. The van der Waals surface area contributed by atoms with Crippen LogP contribution in [0.3, 0.4) is 0 Å². The van der Waals surface area contributed by atoms with E-state index in [0.29, 0.717) is 0 Å². The number of rotatable bonds is 0. The maximum atomic E-state index is 8.39. The van der Waals surface area contributed by atoms with Crippen molar-refractivity contribution in [1.82, 2.24) is 0 Å². The predicted octanol–water partition coefficient (Wildman–Crippen LogP) is -2.22. The van der Waals surface area contributed by atoms with Gasteiger partial charge in [-0.3, -0.25) is 0 Å². The van der Waals surface area contributed by atoms with E-state index in [4.69, 9.17) is 0.938 Å². The number of hydrogen-bond acceptors (Lipinski definition) is 1. The summed E-state index contributed by atoms with van der Waals surface area (Å²) in [5.41, 5.74) is 0. The zero-order chi connectivity index (χ0) is 2.00. The Hall–Kier alpha value is 2.48. The van der Waals surface area contributed by atoms with Gasteiger partial charge in [0.2, 0.25) is 0 Å². The third-order valence-corrected chi connectivity index (χ3v) is 0. The molecule has 20 valence electrons. The van der Waals surface area contributed by atoms with Crippen LogP contribution in [0, 0.1) is 39.8 Å². The summed E-state index contributed by atoms with van der Waals surface area (Å²) in [5.74, 6) is 0. The van der Waals surface area contributed by atoms with Crippen LogP contribution in [0.25, 0.3) is 0 Å². The van der Waals surface area contributed by atoms with Crippen molar-refractivity contribution in [2.75, 3.05) is 0 Å². The van der Waals surface area contributed by atoms with Gasteiger partial charge in [-0.25, -0.2) is 0 Å². The summed E-state index contributed by atoms with van der Waals surface area (Å²) in [6, 6.07) is 0. The molecular formula is H5AlCeMgO. The minimum absolute atomic E-state index is 0. The molecule has 0 aliphatic heterocycles. The molecule has 0 spiro atoms. The van der Waals surface area contributed by atoms with E-state index in [1.807, 2.05) is 0 Å². The molecule has 1 nitrogen and oxygen atoms in total. The topological polar surface area (TPSA) is 17.1 Å². The molecule has 0 aromatic rings. The van der Waals surface area contributed by atoms with Crippen LogP contribution in [0.2, 0.25) is 0 Å². The molecular weight excluding hydrogens is 207 g/mol. The van der Waals surface area contributed by atoms with Crippen molar-refractivity contribution >= 4 is 40.4 Å². The summed E-state index contributed by atoms with van der Waals surface area (Å²) in [4.78, 5) is 0. The van der Waals surface area contributed by atoms with E-state index in [1.165, 1.54) is 0 Å². The fourth-order valence-corrected chi connectivity index (χ4v) is 0. The second-order valence-electron chi connectivity index (χ2n) is 0. The Balaban J connectivity index is -0.00000000500. The standard InChI is InChI=1S/Al.Ce.Mg.O.5H. The van der Waals surface area contributed by atoms with Crippen LogP contribution in [0.15, 0.2) is 0 Å². The van der Waals surface area contributed by atoms with Crippen molar-refractivity contribution in [2.24, 2.45) is 0 Å². The van der Waals surface area contributed by atoms with Crippen molar-refractivity contribution in [3.8, 4) is 0 Å². The summed E-state index contributed by atoms with van der Waals surface area (Å²) in [6.07, 6.45) is 0. The van der Waals surface area contributed by atoms with Gasteiger partial charge in [-0.2, -0.15) is 0 Å². The quantitative estimate of drug-likeness (QED) is 0.416. The molecule has 0 amide bonds. The average Bonchev–Trinajstić information content (AvgIpc) is 1.00. The Labute approximate surface area is 79.4 Å². The van der Waals surface area contributed by atoms with E-state index < -0.39 is 0 Å². The summed E-state index contributed by atoms with van der Waals surface area (Å²) in [5, 5.41) is 0. The van der Waals surface area contributed by atoms with Crippen molar-refractivity contribution < 1.29 is 40.7 Å². The zero-order valence-electron chi connectivity index (χ0n) is 0.908. The molecule has 0 atom stereocenters. The van der Waals surface area contributed by atoms with Gasteiger partial charge in [-0.05, 0) is 0 Å².